The molecule has 2 atom stereocenters. The zero-order valence-corrected chi connectivity index (χ0v) is 39.8. The van der Waals surface area contributed by atoms with Crippen LogP contribution in [0.2, 0.25) is 0 Å². The Labute approximate surface area is 383 Å². The summed E-state index contributed by atoms with van der Waals surface area (Å²) in [4.78, 5) is 27.4. The van der Waals surface area contributed by atoms with E-state index < -0.39 is 12.3 Å². The van der Waals surface area contributed by atoms with Crippen LogP contribution in [0, 0.1) is 11.8 Å². The molecular formula is C58H74O6. The number of hydrogen-bond acceptors (Lipinski definition) is 6. The van der Waals surface area contributed by atoms with Crippen molar-refractivity contribution in [3.8, 4) is 22.6 Å². The first-order chi connectivity index (χ1) is 31.3. The third-order valence-electron chi connectivity index (χ3n) is 13.3. The molecule has 0 radical (unpaired) electrons. The van der Waals surface area contributed by atoms with E-state index >= 15 is 0 Å². The number of unbranched alkanes of at least 4 members (excludes halogenated alkanes) is 8. The molecule has 64 heavy (non-hydrogen) atoms. The Morgan fingerprint density at radius 3 is 1.17 bits per heavy atom. The first-order valence-corrected chi connectivity index (χ1v) is 25.0. The maximum atomic E-state index is 13.7. The average Bonchev–Trinajstić information content (AvgIpc) is 3.32. The number of aryl methyl sites for hydroxylation is 2. The molecule has 0 saturated heterocycles. The van der Waals surface area contributed by atoms with Crippen molar-refractivity contribution in [3.05, 3.63) is 96.1 Å². The molecule has 0 N–H and O–H groups in total. The molecule has 6 aromatic carbocycles. The van der Waals surface area contributed by atoms with Gasteiger partial charge in [0.2, 0.25) is 0 Å². The third-order valence-corrected chi connectivity index (χ3v) is 13.3. The van der Waals surface area contributed by atoms with Crippen molar-refractivity contribution in [1.29, 1.82) is 0 Å². The monoisotopic (exact) mass is 867 g/mol. The molecule has 0 heterocycles. The fraction of sp³-hybridized carbons (Fsp3) is 0.483. The predicted molar refractivity (Wildman–Crippen MR) is 268 cm³/mol. The lowest BCUT2D eigenvalue weighted by atomic mass is 9.84. The van der Waals surface area contributed by atoms with Crippen LogP contribution >= 0.6 is 0 Å². The van der Waals surface area contributed by atoms with E-state index in [2.05, 4.69) is 114 Å². The Hall–Kier alpha value is -5.10. The van der Waals surface area contributed by atoms with Gasteiger partial charge in [-0.05, 0) is 94.2 Å². The van der Waals surface area contributed by atoms with E-state index in [0.717, 1.165) is 131 Å². The summed E-state index contributed by atoms with van der Waals surface area (Å²) in [5.74, 6) is 1.61. The van der Waals surface area contributed by atoms with Crippen LogP contribution in [0.3, 0.4) is 0 Å². The van der Waals surface area contributed by atoms with Gasteiger partial charge < -0.3 is 18.9 Å². The van der Waals surface area contributed by atoms with Gasteiger partial charge in [0, 0.05) is 21.5 Å². The Morgan fingerprint density at radius 2 is 0.797 bits per heavy atom. The van der Waals surface area contributed by atoms with Crippen LogP contribution in [0.1, 0.15) is 155 Å². The van der Waals surface area contributed by atoms with Gasteiger partial charge in [-0.3, -0.25) is 0 Å². The van der Waals surface area contributed by atoms with E-state index in [-0.39, 0.29) is 0 Å². The quantitative estimate of drug-likeness (QED) is 0.0247. The fourth-order valence-corrected chi connectivity index (χ4v) is 9.35. The third kappa shape index (κ3) is 12.2. The number of benzene rings is 6. The van der Waals surface area contributed by atoms with E-state index in [1.807, 2.05) is 12.1 Å². The number of fused-ring (bicyclic) bond motifs is 4. The van der Waals surface area contributed by atoms with Crippen LogP contribution in [-0.4, -0.2) is 25.5 Å². The van der Waals surface area contributed by atoms with Crippen molar-refractivity contribution < 1.29 is 28.5 Å². The number of rotatable bonds is 25. The van der Waals surface area contributed by atoms with Crippen molar-refractivity contribution in [2.45, 2.75) is 157 Å². The fourth-order valence-electron chi connectivity index (χ4n) is 9.35. The smallest absolute Gasteiger partial charge is 0.434 e. The number of hydrogen-bond donors (Lipinski definition) is 0. The van der Waals surface area contributed by atoms with Gasteiger partial charge in [0.25, 0.3) is 0 Å². The maximum absolute atomic E-state index is 13.7. The summed E-state index contributed by atoms with van der Waals surface area (Å²) in [6.07, 6.45) is 18.2. The summed E-state index contributed by atoms with van der Waals surface area (Å²) in [6.45, 7) is 13.8. The predicted octanol–water partition coefficient (Wildman–Crippen LogP) is 17.7. The van der Waals surface area contributed by atoms with Crippen LogP contribution < -0.4 is 9.47 Å². The summed E-state index contributed by atoms with van der Waals surface area (Å²) in [5, 5.41) is 7.34. The first-order valence-electron chi connectivity index (χ1n) is 25.0. The van der Waals surface area contributed by atoms with Crippen molar-refractivity contribution in [3.63, 3.8) is 0 Å². The van der Waals surface area contributed by atoms with Gasteiger partial charge in [0.15, 0.2) is 0 Å². The summed E-state index contributed by atoms with van der Waals surface area (Å²) >= 11 is 0. The molecule has 2 unspecified atom stereocenters. The van der Waals surface area contributed by atoms with Gasteiger partial charge in [0.1, 0.15) is 11.5 Å². The number of carbonyl (C=O) groups excluding carboxylic acids is 2. The molecule has 0 aliphatic rings. The summed E-state index contributed by atoms with van der Waals surface area (Å²) < 4.78 is 24.4. The van der Waals surface area contributed by atoms with Crippen molar-refractivity contribution in [2.75, 3.05) is 13.2 Å². The molecule has 0 bridgehead atoms. The molecular weight excluding hydrogens is 793 g/mol. The number of carbonyl (C=O) groups is 2. The van der Waals surface area contributed by atoms with Crippen molar-refractivity contribution >= 4 is 55.4 Å². The van der Waals surface area contributed by atoms with Gasteiger partial charge in [-0.2, -0.15) is 0 Å². The molecule has 0 aromatic heterocycles. The lowest BCUT2D eigenvalue weighted by Gasteiger charge is -2.22. The second-order valence-corrected chi connectivity index (χ2v) is 18.0. The summed E-state index contributed by atoms with van der Waals surface area (Å²) in [5.41, 5.74) is 4.61. The van der Waals surface area contributed by atoms with E-state index in [4.69, 9.17) is 18.9 Å². The van der Waals surface area contributed by atoms with Crippen molar-refractivity contribution in [2.24, 2.45) is 11.8 Å². The zero-order valence-electron chi connectivity index (χ0n) is 39.8. The van der Waals surface area contributed by atoms with Gasteiger partial charge in [-0.1, -0.05) is 204 Å². The second kappa shape index (κ2) is 24.8. The van der Waals surface area contributed by atoms with Gasteiger partial charge >= 0.3 is 12.3 Å². The highest BCUT2D eigenvalue weighted by atomic mass is 16.7. The Balaban J connectivity index is 1.58. The standard InChI is InChI=1S/C58H74O6/c1-7-13-17-19-27-43-33-35-49-51(37-43)53(45-29-21-23-31-47(45)55(49)63-57(59)61-39-41(11-5)25-15-9-3)54-46-30-22-24-32-48(46)56(64-58(60)62-40-42(12-6)26-16-10-4)50-36-34-44(38-52(50)54)28-20-18-14-8-2/h21-24,29-38,41-42H,7-20,25-28,39-40H2,1-6H3. The number of ether oxygens (including phenoxy) is 4. The lowest BCUT2D eigenvalue weighted by molar-refractivity contribution is 0.0811. The van der Waals surface area contributed by atoms with Crippen LogP contribution in [0.15, 0.2) is 84.9 Å². The Bertz CT molecular complexity index is 2280. The minimum Gasteiger partial charge on any atom is -0.434 e. The normalized spacial score (nSPS) is 12.5. The van der Waals surface area contributed by atoms with E-state index in [9.17, 15) is 9.59 Å². The summed E-state index contributed by atoms with van der Waals surface area (Å²) in [6, 6.07) is 29.9. The van der Waals surface area contributed by atoms with E-state index in [1.165, 1.54) is 49.7 Å². The molecule has 342 valence electrons. The molecule has 6 rings (SSSR count). The molecule has 6 nitrogen and oxygen atoms in total. The molecule has 0 spiro atoms. The Kier molecular flexibility index (Phi) is 18.8. The second-order valence-electron chi connectivity index (χ2n) is 18.0. The highest BCUT2D eigenvalue weighted by Crippen LogP contribution is 2.50. The van der Waals surface area contributed by atoms with Crippen LogP contribution in [0.25, 0.3) is 54.2 Å². The molecule has 0 amide bonds. The SMILES string of the molecule is CCCCCCc1ccc2c(OC(=O)OCC(CC)CCCC)c3ccccc3c(-c3c4ccccc4c(OC(=O)OCC(CC)CCCC)c4ccc(CCCCCC)cc34)c2c1. The maximum Gasteiger partial charge on any atom is 0.513 e. The molecule has 0 fully saturated rings. The Morgan fingerprint density at radius 1 is 0.422 bits per heavy atom. The minimum absolute atomic E-state index is 0.296. The van der Waals surface area contributed by atoms with Crippen molar-refractivity contribution in [1.82, 2.24) is 0 Å². The highest BCUT2D eigenvalue weighted by molar-refractivity contribution is 6.27. The molecule has 6 heteroatoms. The molecule has 6 aromatic rings. The van der Waals surface area contributed by atoms with Gasteiger partial charge in [0.05, 0.1) is 13.2 Å². The van der Waals surface area contributed by atoms with Crippen LogP contribution in [0.4, 0.5) is 9.59 Å². The van der Waals surface area contributed by atoms with Crippen LogP contribution in [-0.2, 0) is 22.3 Å². The van der Waals surface area contributed by atoms with Gasteiger partial charge in [-0.25, -0.2) is 9.59 Å². The summed E-state index contributed by atoms with van der Waals surface area (Å²) in [7, 11) is 0. The largest absolute Gasteiger partial charge is 0.513 e. The topological polar surface area (TPSA) is 71.1 Å². The average molecular weight is 867 g/mol. The van der Waals surface area contributed by atoms with E-state index in [0.29, 0.717) is 36.5 Å². The highest BCUT2D eigenvalue weighted by Gasteiger charge is 2.26. The lowest BCUT2D eigenvalue weighted by Crippen LogP contribution is -2.17. The molecule has 0 saturated carbocycles. The zero-order chi connectivity index (χ0) is 45.3. The van der Waals surface area contributed by atoms with Gasteiger partial charge in [-0.15, -0.1) is 0 Å². The molecule has 0 aliphatic heterocycles. The van der Waals surface area contributed by atoms with Crippen LogP contribution in [0.5, 0.6) is 11.5 Å². The van der Waals surface area contributed by atoms with E-state index in [1.54, 1.807) is 0 Å². The minimum atomic E-state index is -0.676. The molecule has 0 aliphatic carbocycles. The first kappa shape index (κ1) is 48.4.